The number of phenolic OH excluding ortho intramolecular Hbond substituents is 1. The normalized spacial score (nSPS) is 11.9. The fourth-order valence-corrected chi connectivity index (χ4v) is 8.54. The molecule has 4 rings (SSSR count). The van der Waals surface area contributed by atoms with Crippen LogP contribution in [-0.2, 0) is 0 Å². The molecule has 0 saturated carbocycles. The lowest BCUT2D eigenvalue weighted by Crippen LogP contribution is -2.13. The van der Waals surface area contributed by atoms with Gasteiger partial charge in [0.2, 0.25) is 0 Å². The molecule has 0 fully saturated rings. The number of unbranched alkanes of at least 4 members (excludes halogenated alkanes) is 16. The molecule has 0 saturated heterocycles. The highest BCUT2D eigenvalue weighted by molar-refractivity contribution is 9.09. The first-order valence-corrected chi connectivity index (χ1v) is 24.9. The second-order valence-electron chi connectivity index (χ2n) is 16.7. The van der Waals surface area contributed by atoms with Crippen LogP contribution in [0.15, 0.2) is 72.8 Å². The molecule has 0 aliphatic rings. The largest absolute Gasteiger partial charge is 0.507 e. The molecule has 0 radical (unpaired) electrons. The summed E-state index contributed by atoms with van der Waals surface area (Å²) in [5.74, 6) is 2.30. The van der Waals surface area contributed by atoms with Gasteiger partial charge in [-0.05, 0) is 71.2 Å². The van der Waals surface area contributed by atoms with Gasteiger partial charge < -0.3 is 9.84 Å². The Morgan fingerprint density at radius 2 is 0.881 bits per heavy atom. The van der Waals surface area contributed by atoms with Crippen molar-refractivity contribution in [2.24, 2.45) is 11.8 Å². The topological polar surface area (TPSA) is 63.6 Å². The predicted molar refractivity (Wildman–Crippen MR) is 260 cm³/mol. The minimum Gasteiger partial charge on any atom is -0.507 e. The van der Waals surface area contributed by atoms with Crippen molar-refractivity contribution in [1.29, 1.82) is 0 Å². The maximum atomic E-state index is 11.7. The van der Waals surface area contributed by atoms with Crippen molar-refractivity contribution in [3.8, 4) is 11.5 Å². The third-order valence-corrected chi connectivity index (χ3v) is 12.6. The molecule has 0 aliphatic carbocycles. The first-order chi connectivity index (χ1) is 29.0. The summed E-state index contributed by atoms with van der Waals surface area (Å²) in [4.78, 5) is 22.4. The monoisotopic (exact) mass is 873 g/mol. The first kappa shape index (κ1) is 52.0. The highest BCUT2D eigenvalue weighted by Crippen LogP contribution is 2.29. The Morgan fingerprint density at radius 3 is 1.34 bits per heavy atom. The Kier molecular flexibility index (Phi) is 30.4. The summed E-state index contributed by atoms with van der Waals surface area (Å²) >= 11 is 3.68. The molecule has 0 spiro atoms. The highest BCUT2D eigenvalue weighted by atomic mass is 79.9. The number of alkyl halides is 1. The maximum absolute atomic E-state index is 11.7. The van der Waals surface area contributed by atoms with E-state index >= 15 is 0 Å². The Bertz CT molecular complexity index is 1650. The number of aromatic hydroxyl groups is 1. The molecule has 328 valence electrons. The molecule has 0 heterocycles. The van der Waals surface area contributed by atoms with Gasteiger partial charge in [0, 0.05) is 5.33 Å². The first-order valence-electron chi connectivity index (χ1n) is 23.8. The minimum absolute atomic E-state index is 0.0358. The number of carbonyl (C=O) groups is 2. The number of ether oxygens (including phenoxy) is 1. The molecular formula is C54H81BrO4. The third-order valence-electron chi connectivity index (χ3n) is 11.7. The summed E-state index contributed by atoms with van der Waals surface area (Å²) in [6.07, 6.45) is 34.5. The van der Waals surface area contributed by atoms with Gasteiger partial charge in [0.05, 0.1) is 17.7 Å². The number of benzene rings is 4. The molecule has 0 aromatic heterocycles. The van der Waals surface area contributed by atoms with E-state index in [1.807, 2.05) is 54.6 Å². The van der Waals surface area contributed by atoms with Crippen molar-refractivity contribution in [2.75, 3.05) is 11.9 Å². The van der Waals surface area contributed by atoms with Crippen molar-refractivity contribution >= 4 is 50.0 Å². The standard InChI is InChI=1S/C27H40O2.C16H33Br.C11H8O2/c1-3-5-7-9-10-12-16-23(15-11-8-6-4-2)22-29-27-20-19-24-17-13-14-18-25(24)26(27)21-28;1-3-5-7-9-10-12-14-16(15-17)13-11-8-6-4-2;12-7-10-9-4-2-1-3-8(9)5-6-11(10)13/h13-14,17-21,23H,3-12,15-16,22H2,1-2H3;16H,3-15H2,1-2H3;1-7,13H. The van der Waals surface area contributed by atoms with Gasteiger partial charge >= 0.3 is 0 Å². The SMILES string of the molecule is CCCCCCCCC(CBr)CCCCCC.CCCCCCCCC(CCCCCC)COc1ccc2ccccc2c1C=O.O=Cc1c(O)ccc2ccccc12. The van der Waals surface area contributed by atoms with Crippen LogP contribution in [-0.4, -0.2) is 29.6 Å². The smallest absolute Gasteiger partial charge is 0.154 e. The lowest BCUT2D eigenvalue weighted by Gasteiger charge is -2.19. The number of rotatable bonds is 30. The molecule has 4 aromatic carbocycles. The van der Waals surface area contributed by atoms with Crippen LogP contribution in [0.25, 0.3) is 21.5 Å². The minimum atomic E-state index is 0.0358. The van der Waals surface area contributed by atoms with Gasteiger partial charge in [-0.1, -0.05) is 233 Å². The molecule has 2 unspecified atom stereocenters. The number of carbonyl (C=O) groups excluding carboxylic acids is 2. The Balaban J connectivity index is 0.000000337. The zero-order chi connectivity index (χ0) is 42.8. The van der Waals surface area contributed by atoms with Crippen LogP contribution in [0.4, 0.5) is 0 Å². The van der Waals surface area contributed by atoms with Crippen LogP contribution in [0, 0.1) is 11.8 Å². The lowest BCUT2D eigenvalue weighted by atomic mass is 9.95. The second-order valence-corrected chi connectivity index (χ2v) is 17.3. The summed E-state index contributed by atoms with van der Waals surface area (Å²) in [6, 6.07) is 22.8. The van der Waals surface area contributed by atoms with E-state index in [4.69, 9.17) is 4.74 Å². The summed E-state index contributed by atoms with van der Waals surface area (Å²) < 4.78 is 6.22. The Hall–Kier alpha value is -3.18. The van der Waals surface area contributed by atoms with E-state index in [1.165, 1.54) is 165 Å². The van der Waals surface area contributed by atoms with Crippen LogP contribution >= 0.6 is 15.9 Å². The van der Waals surface area contributed by atoms with Crippen LogP contribution in [0.1, 0.15) is 203 Å². The van der Waals surface area contributed by atoms with Crippen molar-refractivity contribution in [3.05, 3.63) is 83.9 Å². The zero-order valence-electron chi connectivity index (χ0n) is 37.7. The fraction of sp³-hybridized carbons (Fsp3) is 0.593. The zero-order valence-corrected chi connectivity index (χ0v) is 39.3. The lowest BCUT2D eigenvalue weighted by molar-refractivity contribution is 0.111. The van der Waals surface area contributed by atoms with E-state index in [0.717, 1.165) is 46.1 Å². The molecule has 4 nitrogen and oxygen atoms in total. The van der Waals surface area contributed by atoms with Crippen molar-refractivity contribution < 1.29 is 19.4 Å². The Labute approximate surface area is 368 Å². The quantitative estimate of drug-likeness (QED) is 0.0322. The third kappa shape index (κ3) is 21.8. The summed E-state index contributed by atoms with van der Waals surface area (Å²) in [6.45, 7) is 9.83. The summed E-state index contributed by atoms with van der Waals surface area (Å²) in [5.41, 5.74) is 1.05. The molecular weight excluding hydrogens is 792 g/mol. The van der Waals surface area contributed by atoms with Crippen molar-refractivity contribution in [3.63, 3.8) is 0 Å². The molecule has 0 aliphatic heterocycles. The molecule has 0 amide bonds. The van der Waals surface area contributed by atoms with Gasteiger partial charge in [0.1, 0.15) is 11.5 Å². The second kappa shape index (κ2) is 34.5. The van der Waals surface area contributed by atoms with Gasteiger partial charge in [-0.3, -0.25) is 9.59 Å². The van der Waals surface area contributed by atoms with E-state index in [2.05, 4.69) is 49.7 Å². The van der Waals surface area contributed by atoms with Crippen LogP contribution < -0.4 is 4.74 Å². The van der Waals surface area contributed by atoms with Gasteiger partial charge in [-0.15, -0.1) is 0 Å². The number of hydrogen-bond donors (Lipinski definition) is 1. The van der Waals surface area contributed by atoms with Crippen LogP contribution in [0.2, 0.25) is 0 Å². The van der Waals surface area contributed by atoms with Gasteiger partial charge in [0.15, 0.2) is 12.6 Å². The average Bonchev–Trinajstić information content (AvgIpc) is 3.27. The summed E-state index contributed by atoms with van der Waals surface area (Å²) in [7, 11) is 0. The van der Waals surface area contributed by atoms with Gasteiger partial charge in [-0.2, -0.15) is 0 Å². The number of fused-ring (bicyclic) bond motifs is 2. The van der Waals surface area contributed by atoms with E-state index < -0.39 is 0 Å². The Morgan fingerprint density at radius 1 is 0.492 bits per heavy atom. The van der Waals surface area contributed by atoms with E-state index in [-0.39, 0.29) is 5.75 Å². The van der Waals surface area contributed by atoms with Crippen molar-refractivity contribution in [2.45, 2.75) is 182 Å². The van der Waals surface area contributed by atoms with E-state index in [9.17, 15) is 14.7 Å². The summed E-state index contributed by atoms with van der Waals surface area (Å²) in [5, 5.41) is 14.4. The van der Waals surface area contributed by atoms with Crippen LogP contribution in [0.3, 0.4) is 0 Å². The molecule has 2 atom stereocenters. The molecule has 4 aromatic rings. The molecule has 5 heteroatoms. The fourth-order valence-electron chi connectivity index (χ4n) is 7.89. The number of aldehydes is 2. The highest BCUT2D eigenvalue weighted by Gasteiger charge is 2.14. The van der Waals surface area contributed by atoms with Crippen LogP contribution in [0.5, 0.6) is 11.5 Å². The average molecular weight is 874 g/mol. The molecule has 59 heavy (non-hydrogen) atoms. The van der Waals surface area contributed by atoms with E-state index in [0.29, 0.717) is 23.3 Å². The number of hydrogen-bond acceptors (Lipinski definition) is 4. The van der Waals surface area contributed by atoms with Gasteiger partial charge in [0.25, 0.3) is 0 Å². The predicted octanol–water partition coefficient (Wildman–Crippen LogP) is 17.4. The molecule has 1 N–H and O–H groups in total. The van der Waals surface area contributed by atoms with Gasteiger partial charge in [-0.25, -0.2) is 0 Å². The van der Waals surface area contributed by atoms with E-state index in [1.54, 1.807) is 6.07 Å². The number of halogens is 1. The maximum Gasteiger partial charge on any atom is 0.154 e. The molecule has 0 bridgehead atoms. The van der Waals surface area contributed by atoms with Crippen molar-refractivity contribution in [1.82, 2.24) is 0 Å². The number of phenols is 1.